The van der Waals surface area contributed by atoms with Gasteiger partial charge in [-0.15, -0.1) is 24.0 Å². The Balaban J connectivity index is 0.00000300. The molecule has 0 amide bonds. The highest BCUT2D eigenvalue weighted by Gasteiger charge is 2.25. The predicted molar refractivity (Wildman–Crippen MR) is 118 cm³/mol. The van der Waals surface area contributed by atoms with E-state index < -0.39 is 4.92 Å². The topological polar surface area (TPSA) is 114 Å². The van der Waals surface area contributed by atoms with Gasteiger partial charge in [0.1, 0.15) is 12.4 Å². The van der Waals surface area contributed by atoms with Crippen molar-refractivity contribution in [2.75, 3.05) is 31.1 Å². The monoisotopic (exact) mass is 518 g/mol. The van der Waals surface area contributed by atoms with Gasteiger partial charge in [0.05, 0.1) is 18.0 Å². The summed E-state index contributed by atoms with van der Waals surface area (Å²) in [6, 6.07) is 3.10. The number of anilines is 1. The quantitative estimate of drug-likeness (QED) is 0.189. The number of guanidine groups is 1. The molecule has 1 aliphatic rings. The van der Waals surface area contributed by atoms with Gasteiger partial charge in [-0.05, 0) is 25.5 Å². The molecule has 2 N–H and O–H groups in total. The Morgan fingerprint density at radius 3 is 3.03 bits per heavy atom. The van der Waals surface area contributed by atoms with E-state index in [1.165, 1.54) is 23.1 Å². The van der Waals surface area contributed by atoms with Crippen LogP contribution >= 0.6 is 24.0 Å². The third-order valence-corrected chi connectivity index (χ3v) is 4.34. The number of aliphatic imine (C=N–C) groups is 1. The Morgan fingerprint density at radius 1 is 1.52 bits per heavy atom. The maximum atomic E-state index is 13.9. The van der Waals surface area contributed by atoms with Crippen LogP contribution in [0.25, 0.3) is 0 Å². The van der Waals surface area contributed by atoms with Gasteiger partial charge in [0.25, 0.3) is 0 Å². The lowest BCUT2D eigenvalue weighted by atomic mass is 10.3. The zero-order chi connectivity index (χ0) is 19.9. The minimum atomic E-state index is -0.478. The van der Waals surface area contributed by atoms with Crippen LogP contribution in [0.15, 0.2) is 35.7 Å². The summed E-state index contributed by atoms with van der Waals surface area (Å²) in [4.78, 5) is 20.8. The summed E-state index contributed by atoms with van der Waals surface area (Å²) in [6.45, 7) is 4.86. The molecule has 10 nitrogen and oxygen atoms in total. The van der Waals surface area contributed by atoms with Crippen LogP contribution in [-0.4, -0.2) is 57.9 Å². The molecule has 0 radical (unpaired) electrons. The standard InChI is InChI=1S/C17H23FN8O2.HI/c1-2-19-17(21-7-9-25-12-14(10-22-25)26(27)28)23-13-5-8-24(11-13)16-15(18)4-3-6-20-16;/h3-4,6,10,12-13H,2,5,7-9,11H2,1H3,(H2,19,21,23);1H. The van der Waals surface area contributed by atoms with Gasteiger partial charge in [0.2, 0.25) is 0 Å². The van der Waals surface area contributed by atoms with Crippen molar-refractivity contribution in [1.29, 1.82) is 0 Å². The molecule has 29 heavy (non-hydrogen) atoms. The average Bonchev–Trinajstić information content (AvgIpc) is 3.32. The van der Waals surface area contributed by atoms with Gasteiger partial charge in [0.15, 0.2) is 17.6 Å². The second-order valence-corrected chi connectivity index (χ2v) is 6.36. The lowest BCUT2D eigenvalue weighted by molar-refractivity contribution is -0.385. The first kappa shape index (κ1) is 22.8. The molecule has 1 unspecified atom stereocenters. The zero-order valence-electron chi connectivity index (χ0n) is 16.0. The number of nitrogens with zero attached hydrogens (tertiary/aromatic N) is 6. The number of hydrogen-bond acceptors (Lipinski definition) is 6. The number of nitrogens with one attached hydrogen (secondary N) is 2. The molecule has 3 heterocycles. The van der Waals surface area contributed by atoms with Crippen molar-refractivity contribution in [3.8, 4) is 0 Å². The number of rotatable bonds is 7. The SMILES string of the molecule is CCNC(=NCCn1cc([N+](=O)[O-])cn1)NC1CCN(c2ncccc2F)C1.I. The Bertz CT molecular complexity index is 846. The fourth-order valence-electron chi connectivity index (χ4n) is 3.03. The Kier molecular flexibility index (Phi) is 8.54. The van der Waals surface area contributed by atoms with E-state index in [2.05, 4.69) is 25.7 Å². The molecule has 1 atom stereocenters. The first-order valence-electron chi connectivity index (χ1n) is 9.14. The van der Waals surface area contributed by atoms with E-state index in [0.717, 1.165) is 6.42 Å². The maximum Gasteiger partial charge on any atom is 0.306 e. The van der Waals surface area contributed by atoms with E-state index in [-0.39, 0.29) is 41.5 Å². The van der Waals surface area contributed by atoms with Gasteiger partial charge in [-0.25, -0.2) is 9.37 Å². The number of aromatic nitrogens is 3. The van der Waals surface area contributed by atoms with Gasteiger partial charge < -0.3 is 15.5 Å². The number of halogens is 2. The molecule has 0 saturated carbocycles. The number of hydrogen-bond donors (Lipinski definition) is 2. The summed E-state index contributed by atoms with van der Waals surface area (Å²) >= 11 is 0. The summed E-state index contributed by atoms with van der Waals surface area (Å²) < 4.78 is 15.4. The second kappa shape index (κ2) is 10.9. The Labute approximate surface area is 184 Å². The smallest absolute Gasteiger partial charge is 0.306 e. The van der Waals surface area contributed by atoms with Crippen LogP contribution in [-0.2, 0) is 6.54 Å². The Hall–Kier alpha value is -2.51. The lowest BCUT2D eigenvalue weighted by Crippen LogP contribution is -2.44. The Morgan fingerprint density at radius 2 is 2.34 bits per heavy atom. The third kappa shape index (κ3) is 6.24. The molecular weight excluding hydrogens is 494 g/mol. The van der Waals surface area contributed by atoms with Gasteiger partial charge in [0, 0.05) is 31.9 Å². The summed E-state index contributed by atoms with van der Waals surface area (Å²) in [5.41, 5.74) is -0.0400. The minimum absolute atomic E-state index is 0. The van der Waals surface area contributed by atoms with E-state index in [0.29, 0.717) is 44.5 Å². The van der Waals surface area contributed by atoms with E-state index >= 15 is 0 Å². The normalized spacial score (nSPS) is 16.4. The van der Waals surface area contributed by atoms with Crippen molar-refractivity contribution < 1.29 is 9.31 Å². The van der Waals surface area contributed by atoms with Crippen LogP contribution in [0.1, 0.15) is 13.3 Å². The van der Waals surface area contributed by atoms with Gasteiger partial charge >= 0.3 is 5.69 Å². The molecule has 0 aromatic carbocycles. The summed E-state index contributed by atoms with van der Waals surface area (Å²) in [5, 5.41) is 21.2. The van der Waals surface area contributed by atoms with Crippen LogP contribution in [0, 0.1) is 15.9 Å². The first-order valence-corrected chi connectivity index (χ1v) is 9.14. The summed E-state index contributed by atoms with van der Waals surface area (Å²) in [6.07, 6.45) is 5.03. The van der Waals surface area contributed by atoms with Crippen molar-refractivity contribution in [3.05, 3.63) is 46.7 Å². The largest absolute Gasteiger partial charge is 0.357 e. The van der Waals surface area contributed by atoms with Gasteiger partial charge in [-0.2, -0.15) is 5.10 Å². The molecule has 0 bridgehead atoms. The highest BCUT2D eigenvalue weighted by molar-refractivity contribution is 14.0. The van der Waals surface area contributed by atoms with Crippen molar-refractivity contribution in [1.82, 2.24) is 25.4 Å². The molecule has 0 spiro atoms. The van der Waals surface area contributed by atoms with Crippen LogP contribution in [0.5, 0.6) is 0 Å². The molecule has 12 heteroatoms. The predicted octanol–water partition coefficient (Wildman–Crippen LogP) is 1.78. The first-order chi connectivity index (χ1) is 13.6. The number of pyridine rings is 1. The summed E-state index contributed by atoms with van der Waals surface area (Å²) in [7, 11) is 0. The minimum Gasteiger partial charge on any atom is -0.357 e. The number of nitro groups is 1. The van der Waals surface area contributed by atoms with E-state index in [1.54, 1.807) is 12.3 Å². The van der Waals surface area contributed by atoms with Crippen LogP contribution in [0.4, 0.5) is 15.9 Å². The van der Waals surface area contributed by atoms with Crippen molar-refractivity contribution in [3.63, 3.8) is 0 Å². The van der Waals surface area contributed by atoms with E-state index in [4.69, 9.17) is 0 Å². The second-order valence-electron chi connectivity index (χ2n) is 6.36. The highest BCUT2D eigenvalue weighted by Crippen LogP contribution is 2.20. The molecule has 3 rings (SSSR count). The van der Waals surface area contributed by atoms with Crippen molar-refractivity contribution in [2.24, 2.45) is 4.99 Å². The fraction of sp³-hybridized carbons (Fsp3) is 0.471. The maximum absolute atomic E-state index is 13.9. The van der Waals surface area contributed by atoms with Crippen LogP contribution in [0.2, 0.25) is 0 Å². The molecular formula is C17H24FIN8O2. The fourth-order valence-corrected chi connectivity index (χ4v) is 3.03. The van der Waals surface area contributed by atoms with E-state index in [9.17, 15) is 14.5 Å². The van der Waals surface area contributed by atoms with Gasteiger partial charge in [-0.1, -0.05) is 0 Å². The lowest BCUT2D eigenvalue weighted by Gasteiger charge is -2.19. The van der Waals surface area contributed by atoms with Crippen molar-refractivity contribution >= 4 is 41.4 Å². The molecule has 158 valence electrons. The molecule has 0 aliphatic carbocycles. The van der Waals surface area contributed by atoms with Crippen LogP contribution in [0.3, 0.4) is 0 Å². The van der Waals surface area contributed by atoms with Gasteiger partial charge in [-0.3, -0.25) is 19.8 Å². The summed E-state index contributed by atoms with van der Waals surface area (Å²) in [5.74, 6) is 0.698. The molecule has 1 saturated heterocycles. The van der Waals surface area contributed by atoms with Crippen molar-refractivity contribution in [2.45, 2.75) is 25.9 Å². The third-order valence-electron chi connectivity index (χ3n) is 4.34. The molecule has 1 aliphatic heterocycles. The highest BCUT2D eigenvalue weighted by atomic mass is 127. The van der Waals surface area contributed by atoms with Crippen LogP contribution < -0.4 is 15.5 Å². The molecule has 2 aromatic heterocycles. The molecule has 1 fully saturated rings. The van der Waals surface area contributed by atoms with E-state index in [1.807, 2.05) is 11.8 Å². The zero-order valence-corrected chi connectivity index (χ0v) is 18.3. The molecule has 2 aromatic rings. The average molecular weight is 518 g/mol.